The van der Waals surface area contributed by atoms with Gasteiger partial charge in [-0.05, 0) is 19.9 Å². The predicted molar refractivity (Wildman–Crippen MR) is 46.5 cm³/mol. The lowest BCUT2D eigenvalue weighted by Crippen LogP contribution is -2.05. The van der Waals surface area contributed by atoms with Crippen molar-refractivity contribution < 1.29 is 9.59 Å². The van der Waals surface area contributed by atoms with Crippen molar-refractivity contribution in [1.29, 1.82) is 0 Å². The molecule has 0 amide bonds. The second-order valence-electron chi connectivity index (χ2n) is 2.74. The van der Waals surface area contributed by atoms with Gasteiger partial charge in [0.1, 0.15) is 17.8 Å². The van der Waals surface area contributed by atoms with Crippen LogP contribution in [-0.4, -0.2) is 22.0 Å². The fourth-order valence-corrected chi connectivity index (χ4v) is 1.04. The van der Waals surface area contributed by atoms with Crippen LogP contribution in [0.25, 0.3) is 0 Å². The summed E-state index contributed by atoms with van der Waals surface area (Å²) in [5.74, 6) is 0.290. The van der Waals surface area contributed by atoms with Crippen LogP contribution >= 0.6 is 0 Å². The molecule has 0 N–H and O–H groups in total. The van der Waals surface area contributed by atoms with Crippen molar-refractivity contribution >= 4 is 12.1 Å². The SMILES string of the molecule is Cc1cc(C(=O)CC=O)nc(C)n1. The molecule has 1 heterocycles. The maximum Gasteiger partial charge on any atom is 0.188 e. The molecule has 0 radical (unpaired) electrons. The van der Waals surface area contributed by atoms with E-state index < -0.39 is 0 Å². The molecule has 1 aromatic rings. The van der Waals surface area contributed by atoms with Crippen LogP contribution in [0.2, 0.25) is 0 Å². The van der Waals surface area contributed by atoms with Gasteiger partial charge < -0.3 is 4.79 Å². The van der Waals surface area contributed by atoms with E-state index in [0.717, 1.165) is 5.69 Å². The second kappa shape index (κ2) is 3.89. The van der Waals surface area contributed by atoms with Gasteiger partial charge in [0, 0.05) is 5.69 Å². The van der Waals surface area contributed by atoms with Gasteiger partial charge in [0.15, 0.2) is 5.78 Å². The number of nitrogens with zero attached hydrogens (tertiary/aromatic N) is 2. The summed E-state index contributed by atoms with van der Waals surface area (Å²) < 4.78 is 0. The van der Waals surface area contributed by atoms with Gasteiger partial charge in [-0.25, -0.2) is 9.97 Å². The molecule has 0 saturated heterocycles. The molecule has 1 aromatic heterocycles. The summed E-state index contributed by atoms with van der Waals surface area (Å²) in [6.07, 6.45) is 0.463. The third-order valence-corrected chi connectivity index (χ3v) is 1.52. The summed E-state index contributed by atoms with van der Waals surface area (Å²) in [4.78, 5) is 29.3. The summed E-state index contributed by atoms with van der Waals surface area (Å²) in [6.45, 7) is 3.50. The standard InChI is InChI=1S/C9H10N2O2/c1-6-5-8(9(13)3-4-12)11-7(2)10-6/h4-5H,3H2,1-2H3. The van der Waals surface area contributed by atoms with Crippen molar-refractivity contribution in [2.24, 2.45) is 0 Å². The molecule has 0 aromatic carbocycles. The number of aromatic nitrogens is 2. The molecule has 0 unspecified atom stereocenters. The highest BCUT2D eigenvalue weighted by molar-refractivity contribution is 6.01. The molecule has 1 rings (SSSR count). The minimum atomic E-state index is -0.261. The number of carbonyl (C=O) groups is 2. The average molecular weight is 178 g/mol. The zero-order valence-electron chi connectivity index (χ0n) is 7.57. The van der Waals surface area contributed by atoms with Crippen LogP contribution in [-0.2, 0) is 4.79 Å². The topological polar surface area (TPSA) is 59.9 Å². The highest BCUT2D eigenvalue weighted by Crippen LogP contribution is 2.02. The summed E-state index contributed by atoms with van der Waals surface area (Å²) in [5, 5.41) is 0. The van der Waals surface area contributed by atoms with Gasteiger partial charge in [-0.15, -0.1) is 0 Å². The Morgan fingerprint density at radius 1 is 1.46 bits per heavy atom. The van der Waals surface area contributed by atoms with E-state index in [4.69, 9.17) is 0 Å². The maximum absolute atomic E-state index is 11.2. The summed E-state index contributed by atoms with van der Waals surface area (Å²) in [7, 11) is 0. The Morgan fingerprint density at radius 2 is 2.15 bits per heavy atom. The minimum Gasteiger partial charge on any atom is -0.303 e. The first kappa shape index (κ1) is 9.51. The summed E-state index contributed by atoms with van der Waals surface area (Å²) >= 11 is 0. The Labute approximate surface area is 76.0 Å². The van der Waals surface area contributed by atoms with Crippen molar-refractivity contribution in [3.8, 4) is 0 Å². The first-order valence-electron chi connectivity index (χ1n) is 3.92. The van der Waals surface area contributed by atoms with E-state index in [1.54, 1.807) is 19.9 Å². The highest BCUT2D eigenvalue weighted by Gasteiger charge is 2.07. The van der Waals surface area contributed by atoms with Crippen LogP contribution in [0.3, 0.4) is 0 Å². The van der Waals surface area contributed by atoms with Crippen molar-refractivity contribution in [2.75, 3.05) is 0 Å². The Bertz CT molecular complexity index is 327. The molecular weight excluding hydrogens is 168 g/mol. The van der Waals surface area contributed by atoms with E-state index in [1.165, 1.54) is 0 Å². The zero-order valence-corrected chi connectivity index (χ0v) is 7.57. The van der Waals surface area contributed by atoms with Crippen molar-refractivity contribution in [1.82, 2.24) is 9.97 Å². The molecule has 4 heteroatoms. The number of rotatable bonds is 3. The number of Topliss-reactive ketones (excluding diaryl/α,β-unsaturated/α-hetero) is 1. The summed E-state index contributed by atoms with van der Waals surface area (Å²) in [6, 6.07) is 1.58. The second-order valence-corrected chi connectivity index (χ2v) is 2.74. The third kappa shape index (κ3) is 2.43. The molecule has 0 spiro atoms. The molecule has 13 heavy (non-hydrogen) atoms. The van der Waals surface area contributed by atoms with Gasteiger partial charge in [0.25, 0.3) is 0 Å². The van der Waals surface area contributed by atoms with E-state index in [0.29, 0.717) is 17.8 Å². The van der Waals surface area contributed by atoms with Gasteiger partial charge in [-0.3, -0.25) is 4.79 Å². The van der Waals surface area contributed by atoms with Gasteiger partial charge in [-0.1, -0.05) is 0 Å². The Kier molecular flexibility index (Phi) is 2.84. The van der Waals surface area contributed by atoms with E-state index in [9.17, 15) is 9.59 Å². The Morgan fingerprint density at radius 3 is 2.69 bits per heavy atom. The van der Waals surface area contributed by atoms with Gasteiger partial charge in [-0.2, -0.15) is 0 Å². The normalized spacial score (nSPS) is 9.69. The number of aryl methyl sites for hydroxylation is 2. The zero-order chi connectivity index (χ0) is 9.84. The van der Waals surface area contributed by atoms with Crippen LogP contribution in [0.4, 0.5) is 0 Å². The number of carbonyl (C=O) groups excluding carboxylic acids is 2. The minimum absolute atomic E-state index is 0.115. The fraction of sp³-hybridized carbons (Fsp3) is 0.333. The maximum atomic E-state index is 11.2. The number of hydrogen-bond donors (Lipinski definition) is 0. The van der Waals surface area contributed by atoms with Crippen LogP contribution in [0.15, 0.2) is 6.07 Å². The van der Waals surface area contributed by atoms with Gasteiger partial charge >= 0.3 is 0 Å². The molecule has 0 aliphatic rings. The first-order valence-corrected chi connectivity index (χ1v) is 3.92. The monoisotopic (exact) mass is 178 g/mol. The number of aldehydes is 1. The molecule has 4 nitrogen and oxygen atoms in total. The molecule has 0 aliphatic heterocycles. The van der Waals surface area contributed by atoms with E-state index in [-0.39, 0.29) is 12.2 Å². The van der Waals surface area contributed by atoms with Gasteiger partial charge in [0.2, 0.25) is 0 Å². The van der Waals surface area contributed by atoms with Crippen LogP contribution in [0.5, 0.6) is 0 Å². The lowest BCUT2D eigenvalue weighted by molar-refractivity contribution is -0.107. The summed E-state index contributed by atoms with van der Waals surface area (Å²) in [5.41, 5.74) is 1.05. The number of hydrogen-bond acceptors (Lipinski definition) is 4. The molecule has 68 valence electrons. The van der Waals surface area contributed by atoms with Crippen molar-refractivity contribution in [3.63, 3.8) is 0 Å². The smallest absolute Gasteiger partial charge is 0.188 e. The van der Waals surface area contributed by atoms with Gasteiger partial charge in [0.05, 0.1) is 6.42 Å². The van der Waals surface area contributed by atoms with Crippen molar-refractivity contribution in [3.05, 3.63) is 23.3 Å². The molecule has 0 aliphatic carbocycles. The molecule has 0 atom stereocenters. The quantitative estimate of drug-likeness (QED) is 0.391. The molecule has 0 fully saturated rings. The molecule has 0 bridgehead atoms. The Balaban J connectivity index is 3.00. The molecular formula is C9H10N2O2. The van der Waals surface area contributed by atoms with E-state index >= 15 is 0 Å². The van der Waals surface area contributed by atoms with Crippen LogP contribution in [0, 0.1) is 13.8 Å². The first-order chi connectivity index (χ1) is 6.13. The number of ketones is 1. The highest BCUT2D eigenvalue weighted by atomic mass is 16.1. The average Bonchev–Trinajstić information content (AvgIpc) is 2.03. The lowest BCUT2D eigenvalue weighted by Gasteiger charge is -1.99. The molecule has 0 saturated carbocycles. The van der Waals surface area contributed by atoms with Crippen molar-refractivity contribution in [2.45, 2.75) is 20.3 Å². The largest absolute Gasteiger partial charge is 0.303 e. The third-order valence-electron chi connectivity index (χ3n) is 1.52. The lowest BCUT2D eigenvalue weighted by atomic mass is 10.2. The predicted octanol–water partition coefficient (Wildman–Crippen LogP) is 0.865. The van der Waals surface area contributed by atoms with Crippen LogP contribution in [0.1, 0.15) is 28.4 Å². The Hall–Kier alpha value is -1.58. The van der Waals surface area contributed by atoms with E-state index in [2.05, 4.69) is 9.97 Å². The fourth-order valence-electron chi connectivity index (χ4n) is 1.04. The van der Waals surface area contributed by atoms with E-state index in [1.807, 2.05) is 0 Å². The van der Waals surface area contributed by atoms with Crippen LogP contribution < -0.4 is 0 Å².